The van der Waals surface area contributed by atoms with Crippen molar-refractivity contribution in [2.45, 2.75) is 29.5 Å². The topological polar surface area (TPSA) is 75.7 Å². The fraction of sp³-hybridized carbons (Fsp3) is 0.389. The SMILES string of the molecule is COc1ccc(CCNC(=O)C2CCCN2S(=O)(=O)c2ccc(Br)s2)cc1. The van der Waals surface area contributed by atoms with Gasteiger partial charge in [-0.3, -0.25) is 4.79 Å². The van der Waals surface area contributed by atoms with Crippen LogP contribution in [0.3, 0.4) is 0 Å². The molecule has 0 radical (unpaired) electrons. The molecule has 1 amide bonds. The third kappa shape index (κ3) is 4.71. The molecule has 1 aliphatic heterocycles. The number of thiophene rings is 1. The highest BCUT2D eigenvalue weighted by atomic mass is 79.9. The van der Waals surface area contributed by atoms with E-state index in [-0.39, 0.29) is 10.1 Å². The fourth-order valence-electron chi connectivity index (χ4n) is 3.08. The largest absolute Gasteiger partial charge is 0.497 e. The van der Waals surface area contributed by atoms with E-state index < -0.39 is 16.1 Å². The molecule has 1 aliphatic rings. The standard InChI is InChI=1S/C18H21BrN2O4S2/c1-25-14-6-4-13(5-7-14)10-11-20-18(22)15-3-2-12-21(15)27(23,24)17-9-8-16(19)26-17/h4-9,15H,2-3,10-12H2,1H3,(H,20,22). The average Bonchev–Trinajstić information content (AvgIpc) is 3.32. The van der Waals surface area contributed by atoms with Crippen LogP contribution in [-0.2, 0) is 21.2 Å². The van der Waals surface area contributed by atoms with Gasteiger partial charge < -0.3 is 10.1 Å². The highest BCUT2D eigenvalue weighted by molar-refractivity contribution is 9.11. The number of nitrogens with one attached hydrogen (secondary N) is 1. The van der Waals surface area contributed by atoms with Crippen LogP contribution in [0, 0.1) is 0 Å². The molecule has 3 rings (SSSR count). The first-order chi connectivity index (χ1) is 12.9. The maximum Gasteiger partial charge on any atom is 0.253 e. The second-order valence-corrected chi connectivity index (χ2v) is 10.8. The first-order valence-corrected chi connectivity index (χ1v) is 11.6. The van der Waals surface area contributed by atoms with Crippen LogP contribution < -0.4 is 10.1 Å². The van der Waals surface area contributed by atoms with Crippen LogP contribution in [0.15, 0.2) is 44.4 Å². The van der Waals surface area contributed by atoms with Crippen molar-refractivity contribution < 1.29 is 17.9 Å². The van der Waals surface area contributed by atoms with E-state index in [4.69, 9.17) is 4.74 Å². The van der Waals surface area contributed by atoms with Crippen molar-refractivity contribution in [2.75, 3.05) is 20.2 Å². The van der Waals surface area contributed by atoms with Gasteiger partial charge in [0, 0.05) is 13.1 Å². The Morgan fingerprint density at radius 3 is 2.67 bits per heavy atom. The molecule has 0 saturated carbocycles. The van der Waals surface area contributed by atoms with Gasteiger partial charge in [0.05, 0.1) is 10.9 Å². The number of rotatable bonds is 7. The predicted molar refractivity (Wildman–Crippen MR) is 109 cm³/mol. The van der Waals surface area contributed by atoms with Crippen molar-refractivity contribution in [2.24, 2.45) is 0 Å². The summed E-state index contributed by atoms with van der Waals surface area (Å²) < 4.78 is 33.1. The van der Waals surface area contributed by atoms with Crippen molar-refractivity contribution >= 4 is 43.2 Å². The van der Waals surface area contributed by atoms with Gasteiger partial charge in [-0.1, -0.05) is 12.1 Å². The minimum atomic E-state index is -3.65. The fourth-order valence-corrected chi connectivity index (χ4v) is 6.88. The molecule has 1 aromatic carbocycles. The Morgan fingerprint density at radius 2 is 2.04 bits per heavy atom. The lowest BCUT2D eigenvalue weighted by Gasteiger charge is -2.22. The minimum Gasteiger partial charge on any atom is -0.497 e. The van der Waals surface area contributed by atoms with Crippen LogP contribution >= 0.6 is 27.3 Å². The third-order valence-corrected chi connectivity index (χ3v) is 8.49. The molecule has 1 saturated heterocycles. The molecule has 1 unspecified atom stereocenters. The lowest BCUT2D eigenvalue weighted by Crippen LogP contribution is -2.46. The van der Waals surface area contributed by atoms with Crippen LogP contribution in [-0.4, -0.2) is 44.9 Å². The lowest BCUT2D eigenvalue weighted by atomic mass is 10.1. The van der Waals surface area contributed by atoms with Crippen molar-refractivity contribution in [3.63, 3.8) is 0 Å². The lowest BCUT2D eigenvalue weighted by molar-refractivity contribution is -0.124. The molecule has 146 valence electrons. The summed E-state index contributed by atoms with van der Waals surface area (Å²) in [5.74, 6) is 0.551. The van der Waals surface area contributed by atoms with E-state index in [0.717, 1.165) is 26.4 Å². The van der Waals surface area contributed by atoms with Gasteiger partial charge >= 0.3 is 0 Å². The molecule has 1 atom stereocenters. The molecule has 2 heterocycles. The summed E-state index contributed by atoms with van der Waals surface area (Å²) in [6, 6.07) is 10.3. The quantitative estimate of drug-likeness (QED) is 0.671. The Morgan fingerprint density at radius 1 is 1.30 bits per heavy atom. The van der Waals surface area contributed by atoms with E-state index >= 15 is 0 Å². The summed E-state index contributed by atoms with van der Waals surface area (Å²) in [6.07, 6.45) is 1.90. The van der Waals surface area contributed by atoms with Crippen molar-refractivity contribution in [3.8, 4) is 5.75 Å². The van der Waals surface area contributed by atoms with Crippen LogP contribution in [0.4, 0.5) is 0 Å². The minimum absolute atomic E-state index is 0.236. The second kappa shape index (κ2) is 8.72. The normalized spacial score (nSPS) is 17.8. The molecule has 0 spiro atoms. The second-order valence-electron chi connectivity index (χ2n) is 6.22. The third-order valence-electron chi connectivity index (χ3n) is 4.49. The Kier molecular flexibility index (Phi) is 6.56. The number of hydrogen-bond acceptors (Lipinski definition) is 5. The average molecular weight is 473 g/mol. The first-order valence-electron chi connectivity index (χ1n) is 8.59. The smallest absolute Gasteiger partial charge is 0.253 e. The van der Waals surface area contributed by atoms with E-state index in [0.29, 0.717) is 32.4 Å². The number of methoxy groups -OCH3 is 1. The molecule has 2 aromatic rings. The molecule has 6 nitrogen and oxygen atoms in total. The number of carbonyl (C=O) groups excluding carboxylic acids is 1. The van der Waals surface area contributed by atoms with Crippen LogP contribution in [0.5, 0.6) is 5.75 Å². The zero-order chi connectivity index (χ0) is 19.4. The van der Waals surface area contributed by atoms with E-state index in [9.17, 15) is 13.2 Å². The molecule has 1 aromatic heterocycles. The highest BCUT2D eigenvalue weighted by Gasteiger charge is 2.39. The molecule has 1 fully saturated rings. The van der Waals surface area contributed by atoms with Gasteiger partial charge in [-0.25, -0.2) is 8.42 Å². The van der Waals surface area contributed by atoms with Crippen LogP contribution in [0.25, 0.3) is 0 Å². The highest BCUT2D eigenvalue weighted by Crippen LogP contribution is 2.32. The van der Waals surface area contributed by atoms with Crippen LogP contribution in [0.2, 0.25) is 0 Å². The predicted octanol–water partition coefficient (Wildman–Crippen LogP) is 3.03. The van der Waals surface area contributed by atoms with Crippen molar-refractivity contribution in [3.05, 3.63) is 45.7 Å². The number of sulfonamides is 1. The molecule has 1 N–H and O–H groups in total. The number of halogens is 1. The van der Waals surface area contributed by atoms with E-state index in [1.807, 2.05) is 24.3 Å². The number of hydrogen-bond donors (Lipinski definition) is 1. The van der Waals surface area contributed by atoms with Gasteiger partial charge in [0.1, 0.15) is 16.0 Å². The number of amides is 1. The number of nitrogens with zero attached hydrogens (tertiary/aromatic N) is 1. The summed E-state index contributed by atoms with van der Waals surface area (Å²) in [5, 5.41) is 2.88. The molecule has 0 aliphatic carbocycles. The first kappa shape index (κ1) is 20.3. The van der Waals surface area contributed by atoms with E-state index in [1.54, 1.807) is 19.2 Å². The van der Waals surface area contributed by atoms with Crippen LogP contribution in [0.1, 0.15) is 18.4 Å². The Balaban J connectivity index is 1.60. The molecule has 0 bridgehead atoms. The zero-order valence-corrected chi connectivity index (χ0v) is 18.1. The Labute approximate surface area is 171 Å². The number of benzene rings is 1. The van der Waals surface area contributed by atoms with E-state index in [1.165, 1.54) is 4.31 Å². The Hall–Kier alpha value is -1.42. The van der Waals surface area contributed by atoms with Gasteiger partial charge in [0.15, 0.2) is 0 Å². The summed E-state index contributed by atoms with van der Waals surface area (Å²) in [5.41, 5.74) is 1.08. The zero-order valence-electron chi connectivity index (χ0n) is 14.9. The van der Waals surface area contributed by atoms with Gasteiger partial charge in [-0.05, 0) is 65.0 Å². The number of ether oxygens (including phenoxy) is 1. The molecule has 9 heteroatoms. The van der Waals surface area contributed by atoms with Crippen molar-refractivity contribution in [1.82, 2.24) is 9.62 Å². The molecule has 27 heavy (non-hydrogen) atoms. The van der Waals surface area contributed by atoms with Gasteiger partial charge in [-0.2, -0.15) is 4.31 Å². The van der Waals surface area contributed by atoms with Crippen molar-refractivity contribution in [1.29, 1.82) is 0 Å². The maximum absolute atomic E-state index is 12.8. The monoisotopic (exact) mass is 472 g/mol. The van der Waals surface area contributed by atoms with Gasteiger partial charge in [0.2, 0.25) is 5.91 Å². The molecular formula is C18H21BrN2O4S2. The summed E-state index contributed by atoms with van der Waals surface area (Å²) in [4.78, 5) is 12.6. The molecular weight excluding hydrogens is 452 g/mol. The summed E-state index contributed by atoms with van der Waals surface area (Å²) in [7, 11) is -2.03. The number of carbonyl (C=O) groups is 1. The summed E-state index contributed by atoms with van der Waals surface area (Å²) in [6.45, 7) is 0.828. The van der Waals surface area contributed by atoms with Gasteiger partial charge in [0.25, 0.3) is 10.0 Å². The Bertz CT molecular complexity index is 896. The summed E-state index contributed by atoms with van der Waals surface area (Å²) >= 11 is 4.45. The van der Waals surface area contributed by atoms with Gasteiger partial charge in [-0.15, -0.1) is 11.3 Å². The maximum atomic E-state index is 12.8. The van der Waals surface area contributed by atoms with E-state index in [2.05, 4.69) is 21.2 Å².